The normalized spacial score (nSPS) is 12.1. The molecule has 0 fully saturated rings. The van der Waals surface area contributed by atoms with Crippen molar-refractivity contribution in [3.63, 3.8) is 0 Å². The van der Waals surface area contributed by atoms with Crippen molar-refractivity contribution in [2.24, 2.45) is 0 Å². The molecule has 0 heterocycles. The van der Waals surface area contributed by atoms with Crippen LogP contribution in [0.15, 0.2) is 54.6 Å². The summed E-state index contributed by atoms with van der Waals surface area (Å²) in [4.78, 5) is 26.9. The number of nitrogens with zero attached hydrogens (tertiary/aromatic N) is 2. The standard InChI is InChI=1S/C22H28FN3O4S/c1-4-24-22(28)17(2)25(15-14-18-10-6-5-7-11-18)21(27)16-26(31(3,29)30)20-13-9-8-12-19(20)23/h5-13,17H,4,14-16H2,1-3H3,(H,24,28)/t17-/m0/s1. The predicted octanol–water partition coefficient (Wildman–Crippen LogP) is 2.19. The zero-order valence-electron chi connectivity index (χ0n) is 17.9. The van der Waals surface area contributed by atoms with Crippen molar-refractivity contribution in [2.45, 2.75) is 26.3 Å². The second-order valence-electron chi connectivity index (χ2n) is 7.11. The van der Waals surface area contributed by atoms with Crippen LogP contribution in [0.1, 0.15) is 19.4 Å². The first-order valence-electron chi connectivity index (χ1n) is 9.98. The molecule has 1 atom stereocenters. The van der Waals surface area contributed by atoms with E-state index in [0.29, 0.717) is 13.0 Å². The maximum absolute atomic E-state index is 14.3. The average molecular weight is 450 g/mol. The van der Waals surface area contributed by atoms with Crippen LogP contribution in [0.2, 0.25) is 0 Å². The van der Waals surface area contributed by atoms with Crippen LogP contribution in [0.5, 0.6) is 0 Å². The zero-order valence-corrected chi connectivity index (χ0v) is 18.7. The van der Waals surface area contributed by atoms with Gasteiger partial charge in [0, 0.05) is 13.1 Å². The average Bonchev–Trinajstić information content (AvgIpc) is 2.73. The first-order valence-corrected chi connectivity index (χ1v) is 11.8. The number of hydrogen-bond acceptors (Lipinski definition) is 4. The van der Waals surface area contributed by atoms with E-state index in [1.165, 1.54) is 23.1 Å². The van der Waals surface area contributed by atoms with Crippen molar-refractivity contribution in [3.05, 3.63) is 66.0 Å². The van der Waals surface area contributed by atoms with E-state index in [0.717, 1.165) is 22.2 Å². The number of carbonyl (C=O) groups excluding carboxylic acids is 2. The molecule has 0 spiro atoms. The van der Waals surface area contributed by atoms with E-state index in [1.54, 1.807) is 13.8 Å². The SMILES string of the molecule is CCNC(=O)[C@H](C)N(CCc1ccccc1)C(=O)CN(c1ccccc1F)S(C)(=O)=O. The minimum atomic E-state index is -3.95. The van der Waals surface area contributed by atoms with Crippen LogP contribution in [-0.2, 0) is 26.0 Å². The summed E-state index contributed by atoms with van der Waals surface area (Å²) in [6, 6.07) is 14.0. The third kappa shape index (κ3) is 6.78. The van der Waals surface area contributed by atoms with Crippen molar-refractivity contribution in [3.8, 4) is 0 Å². The minimum Gasteiger partial charge on any atom is -0.355 e. The number of halogens is 1. The van der Waals surface area contributed by atoms with Gasteiger partial charge >= 0.3 is 0 Å². The largest absolute Gasteiger partial charge is 0.355 e. The molecule has 1 N–H and O–H groups in total. The Morgan fingerprint density at radius 2 is 1.68 bits per heavy atom. The second kappa shape index (κ2) is 10.9. The number of likely N-dealkylation sites (N-methyl/N-ethyl adjacent to an activating group) is 1. The lowest BCUT2D eigenvalue weighted by atomic mass is 10.1. The first kappa shape index (κ1) is 24.3. The molecule has 168 valence electrons. The maximum Gasteiger partial charge on any atom is 0.244 e. The van der Waals surface area contributed by atoms with Gasteiger partial charge in [-0.1, -0.05) is 42.5 Å². The fourth-order valence-electron chi connectivity index (χ4n) is 3.14. The van der Waals surface area contributed by atoms with Gasteiger partial charge in [0.1, 0.15) is 18.4 Å². The zero-order chi connectivity index (χ0) is 23.0. The summed E-state index contributed by atoms with van der Waals surface area (Å²) in [5, 5.41) is 2.68. The molecule has 2 amide bonds. The maximum atomic E-state index is 14.3. The van der Waals surface area contributed by atoms with Crippen molar-refractivity contribution in [1.82, 2.24) is 10.2 Å². The molecule has 7 nitrogen and oxygen atoms in total. The molecule has 0 aliphatic heterocycles. The minimum absolute atomic E-state index is 0.204. The Hall–Kier alpha value is -2.94. The lowest BCUT2D eigenvalue weighted by Gasteiger charge is -2.31. The molecule has 0 saturated heterocycles. The monoisotopic (exact) mass is 449 g/mol. The van der Waals surface area contributed by atoms with Gasteiger partial charge in [0.2, 0.25) is 21.8 Å². The van der Waals surface area contributed by atoms with Gasteiger partial charge in [0.25, 0.3) is 0 Å². The van der Waals surface area contributed by atoms with Gasteiger partial charge in [-0.3, -0.25) is 13.9 Å². The van der Waals surface area contributed by atoms with E-state index in [2.05, 4.69) is 5.32 Å². The Labute approximate surface area is 182 Å². The number of benzene rings is 2. The second-order valence-corrected chi connectivity index (χ2v) is 9.02. The van der Waals surface area contributed by atoms with Crippen molar-refractivity contribution in [1.29, 1.82) is 0 Å². The van der Waals surface area contributed by atoms with Crippen LogP contribution in [0.4, 0.5) is 10.1 Å². The molecule has 0 radical (unpaired) electrons. The van der Waals surface area contributed by atoms with Crippen LogP contribution >= 0.6 is 0 Å². The van der Waals surface area contributed by atoms with Gasteiger partial charge in [-0.2, -0.15) is 0 Å². The van der Waals surface area contributed by atoms with E-state index in [-0.39, 0.29) is 18.1 Å². The highest BCUT2D eigenvalue weighted by Gasteiger charge is 2.30. The smallest absolute Gasteiger partial charge is 0.244 e. The molecule has 0 unspecified atom stereocenters. The van der Waals surface area contributed by atoms with Gasteiger partial charge in [-0.25, -0.2) is 12.8 Å². The molecule has 0 aromatic heterocycles. The van der Waals surface area contributed by atoms with E-state index in [9.17, 15) is 22.4 Å². The van der Waals surface area contributed by atoms with Crippen molar-refractivity contribution in [2.75, 3.05) is 30.2 Å². The molecule has 0 aliphatic rings. The summed E-state index contributed by atoms with van der Waals surface area (Å²) in [5.41, 5.74) is 0.754. The van der Waals surface area contributed by atoms with Crippen LogP contribution in [-0.4, -0.2) is 57.1 Å². The molecule has 0 saturated carbocycles. The Balaban J connectivity index is 2.30. The van der Waals surface area contributed by atoms with Gasteiger partial charge in [-0.05, 0) is 38.0 Å². The van der Waals surface area contributed by atoms with E-state index >= 15 is 0 Å². The van der Waals surface area contributed by atoms with Crippen LogP contribution in [0.25, 0.3) is 0 Å². The number of amides is 2. The Morgan fingerprint density at radius 3 is 2.26 bits per heavy atom. The van der Waals surface area contributed by atoms with Gasteiger partial charge in [0.05, 0.1) is 11.9 Å². The van der Waals surface area contributed by atoms with Crippen LogP contribution in [0.3, 0.4) is 0 Å². The Kier molecular flexibility index (Phi) is 8.56. The van der Waals surface area contributed by atoms with E-state index in [4.69, 9.17) is 0 Å². The summed E-state index contributed by atoms with van der Waals surface area (Å²) in [6.45, 7) is 3.34. The van der Waals surface area contributed by atoms with Crippen molar-refractivity contribution < 1.29 is 22.4 Å². The number of carbonyl (C=O) groups is 2. The summed E-state index contributed by atoms with van der Waals surface area (Å²) < 4.78 is 39.7. The molecule has 0 aliphatic carbocycles. The highest BCUT2D eigenvalue weighted by Crippen LogP contribution is 2.21. The molecule has 31 heavy (non-hydrogen) atoms. The number of para-hydroxylation sites is 1. The fourth-order valence-corrected chi connectivity index (χ4v) is 3.99. The lowest BCUT2D eigenvalue weighted by Crippen LogP contribution is -2.52. The highest BCUT2D eigenvalue weighted by molar-refractivity contribution is 7.92. The quantitative estimate of drug-likeness (QED) is 0.602. The predicted molar refractivity (Wildman–Crippen MR) is 119 cm³/mol. The number of anilines is 1. The van der Waals surface area contributed by atoms with Gasteiger partial charge < -0.3 is 10.2 Å². The van der Waals surface area contributed by atoms with E-state index in [1.807, 2.05) is 30.3 Å². The third-order valence-electron chi connectivity index (χ3n) is 4.80. The summed E-state index contributed by atoms with van der Waals surface area (Å²) in [6.07, 6.45) is 1.39. The lowest BCUT2D eigenvalue weighted by molar-refractivity contribution is -0.138. The number of sulfonamides is 1. The first-order chi connectivity index (χ1) is 14.6. The molecule has 2 rings (SSSR count). The molecule has 2 aromatic rings. The number of rotatable bonds is 10. The van der Waals surface area contributed by atoms with Crippen LogP contribution in [0, 0.1) is 5.82 Å². The molecule has 0 bridgehead atoms. The summed E-state index contributed by atoms with van der Waals surface area (Å²) >= 11 is 0. The molecule has 9 heteroatoms. The topological polar surface area (TPSA) is 86.8 Å². The number of hydrogen-bond donors (Lipinski definition) is 1. The van der Waals surface area contributed by atoms with Gasteiger partial charge in [0.15, 0.2) is 0 Å². The highest BCUT2D eigenvalue weighted by atomic mass is 32.2. The van der Waals surface area contributed by atoms with E-state index < -0.39 is 34.3 Å². The third-order valence-corrected chi connectivity index (χ3v) is 5.93. The summed E-state index contributed by atoms with van der Waals surface area (Å²) in [5.74, 6) is -1.70. The Morgan fingerprint density at radius 1 is 1.06 bits per heavy atom. The molecular formula is C22H28FN3O4S. The van der Waals surface area contributed by atoms with Gasteiger partial charge in [-0.15, -0.1) is 0 Å². The van der Waals surface area contributed by atoms with Crippen molar-refractivity contribution >= 4 is 27.5 Å². The fraction of sp³-hybridized carbons (Fsp3) is 0.364. The molecule has 2 aromatic carbocycles. The molecular weight excluding hydrogens is 421 g/mol. The summed E-state index contributed by atoms with van der Waals surface area (Å²) in [7, 11) is -3.95. The van der Waals surface area contributed by atoms with Crippen LogP contribution < -0.4 is 9.62 Å². The Bertz CT molecular complexity index is 999. The number of nitrogens with one attached hydrogen (secondary N) is 1.